The van der Waals surface area contributed by atoms with Crippen LogP contribution in [0.15, 0.2) is 0 Å². The molecule has 72 valence electrons. The second kappa shape index (κ2) is 4.09. The first-order chi connectivity index (χ1) is 5.58. The van der Waals surface area contributed by atoms with Crippen LogP contribution >= 0.6 is 0 Å². The molecule has 1 saturated heterocycles. The van der Waals surface area contributed by atoms with Crippen molar-refractivity contribution in [3.05, 3.63) is 0 Å². The molecule has 1 N–H and O–H groups in total. The van der Waals surface area contributed by atoms with Gasteiger partial charge in [-0.3, -0.25) is 4.74 Å². The lowest BCUT2D eigenvalue weighted by atomic mass is 10.2. The summed E-state index contributed by atoms with van der Waals surface area (Å²) in [6, 6.07) is 0. The van der Waals surface area contributed by atoms with Gasteiger partial charge in [0.15, 0.2) is 0 Å². The van der Waals surface area contributed by atoms with Crippen molar-refractivity contribution < 1.29 is 17.9 Å². The first-order valence-electron chi connectivity index (χ1n) is 4.03. The van der Waals surface area contributed by atoms with E-state index in [2.05, 4.69) is 10.1 Å². The van der Waals surface area contributed by atoms with E-state index in [-0.39, 0.29) is 0 Å². The number of hydrogen-bond donors (Lipinski definition) is 1. The highest BCUT2D eigenvalue weighted by Crippen LogP contribution is 2.21. The summed E-state index contributed by atoms with van der Waals surface area (Å²) in [6.07, 6.45) is -2.97. The summed E-state index contributed by atoms with van der Waals surface area (Å²) in [5.74, 6) is 0. The van der Waals surface area contributed by atoms with Crippen molar-refractivity contribution in [2.75, 3.05) is 13.1 Å². The van der Waals surface area contributed by atoms with Crippen LogP contribution in [0.5, 0.6) is 0 Å². The summed E-state index contributed by atoms with van der Waals surface area (Å²) in [7, 11) is 0. The van der Waals surface area contributed by atoms with Crippen molar-refractivity contribution in [1.29, 1.82) is 0 Å². The maximum atomic E-state index is 11.7. The zero-order chi connectivity index (χ0) is 9.03. The summed E-state index contributed by atoms with van der Waals surface area (Å²) >= 11 is 0. The Morgan fingerprint density at radius 1 is 1.25 bits per heavy atom. The van der Waals surface area contributed by atoms with Gasteiger partial charge in [-0.05, 0) is 25.8 Å². The smallest absolute Gasteiger partial charge is 0.314 e. The number of ether oxygens (including phenoxy) is 1. The molecular formula is C7H12F3NO. The first-order valence-corrected chi connectivity index (χ1v) is 4.03. The molecule has 1 atom stereocenters. The normalized spacial score (nSPS) is 26.8. The molecule has 1 unspecified atom stereocenters. The molecule has 0 aliphatic carbocycles. The lowest BCUT2D eigenvalue weighted by Crippen LogP contribution is -2.31. The van der Waals surface area contributed by atoms with Crippen LogP contribution in [0.25, 0.3) is 0 Å². The van der Waals surface area contributed by atoms with Crippen molar-refractivity contribution in [1.82, 2.24) is 5.32 Å². The second-order valence-corrected chi connectivity index (χ2v) is 2.89. The summed E-state index contributed by atoms with van der Waals surface area (Å²) in [6.45, 7) is 1.09. The van der Waals surface area contributed by atoms with E-state index in [0.717, 1.165) is 19.4 Å². The molecule has 0 bridgehead atoms. The average Bonchev–Trinajstić information content (AvgIpc) is 2.12. The van der Waals surface area contributed by atoms with Crippen molar-refractivity contribution in [3.8, 4) is 0 Å². The standard InChI is InChI=1S/C7H12F3NO/c8-7(9,10)12-6-3-1-2-4-11-5-6/h6,11H,1-5H2. The van der Waals surface area contributed by atoms with Crippen molar-refractivity contribution >= 4 is 0 Å². The second-order valence-electron chi connectivity index (χ2n) is 2.89. The van der Waals surface area contributed by atoms with Crippen LogP contribution in [0, 0.1) is 0 Å². The molecule has 1 fully saturated rings. The van der Waals surface area contributed by atoms with E-state index in [1.165, 1.54) is 0 Å². The number of halogens is 3. The lowest BCUT2D eigenvalue weighted by Gasteiger charge is -2.16. The minimum absolute atomic E-state index is 0.305. The minimum Gasteiger partial charge on any atom is -0.314 e. The van der Waals surface area contributed by atoms with E-state index >= 15 is 0 Å². The molecule has 0 aromatic rings. The van der Waals surface area contributed by atoms with Crippen LogP contribution in [0.2, 0.25) is 0 Å². The largest absolute Gasteiger partial charge is 0.522 e. The fourth-order valence-electron chi connectivity index (χ4n) is 1.28. The Labute approximate surface area is 69.1 Å². The summed E-state index contributed by atoms with van der Waals surface area (Å²) < 4.78 is 39.1. The van der Waals surface area contributed by atoms with E-state index in [1.807, 2.05) is 0 Å². The third-order valence-corrected chi connectivity index (χ3v) is 1.80. The Bertz CT molecular complexity index is 129. The van der Waals surface area contributed by atoms with Gasteiger partial charge in [0.25, 0.3) is 0 Å². The van der Waals surface area contributed by atoms with Gasteiger partial charge in [0.2, 0.25) is 0 Å². The van der Waals surface area contributed by atoms with Gasteiger partial charge in [0.05, 0.1) is 6.10 Å². The van der Waals surface area contributed by atoms with Gasteiger partial charge in [0, 0.05) is 6.54 Å². The predicted molar refractivity (Wildman–Crippen MR) is 37.6 cm³/mol. The predicted octanol–water partition coefficient (Wildman–Crippen LogP) is 1.66. The molecular weight excluding hydrogens is 171 g/mol. The van der Waals surface area contributed by atoms with Gasteiger partial charge in [0.1, 0.15) is 0 Å². The third kappa shape index (κ3) is 3.92. The number of rotatable bonds is 1. The number of nitrogens with one attached hydrogen (secondary N) is 1. The van der Waals surface area contributed by atoms with Gasteiger partial charge in [-0.15, -0.1) is 13.2 Å². The van der Waals surface area contributed by atoms with Gasteiger partial charge < -0.3 is 5.32 Å². The third-order valence-electron chi connectivity index (χ3n) is 1.80. The highest BCUT2D eigenvalue weighted by atomic mass is 19.4. The Kier molecular flexibility index (Phi) is 3.34. The van der Waals surface area contributed by atoms with Crippen LogP contribution in [-0.4, -0.2) is 25.6 Å². The lowest BCUT2D eigenvalue weighted by molar-refractivity contribution is -0.342. The quantitative estimate of drug-likeness (QED) is 0.667. The molecule has 5 heteroatoms. The Balaban J connectivity index is 2.30. The molecule has 12 heavy (non-hydrogen) atoms. The molecule has 1 aliphatic heterocycles. The molecule has 1 rings (SSSR count). The Morgan fingerprint density at radius 2 is 2.00 bits per heavy atom. The van der Waals surface area contributed by atoms with E-state index in [0.29, 0.717) is 13.0 Å². The summed E-state index contributed by atoms with van der Waals surface area (Å²) in [5, 5.41) is 2.89. The molecule has 1 aliphatic rings. The van der Waals surface area contributed by atoms with Crippen LogP contribution < -0.4 is 5.32 Å². The maximum absolute atomic E-state index is 11.7. The number of hydrogen-bond acceptors (Lipinski definition) is 2. The molecule has 0 aromatic carbocycles. The Hall–Kier alpha value is -0.290. The Morgan fingerprint density at radius 3 is 2.67 bits per heavy atom. The van der Waals surface area contributed by atoms with E-state index in [4.69, 9.17) is 0 Å². The van der Waals surface area contributed by atoms with E-state index in [1.54, 1.807) is 0 Å². The number of alkyl halides is 3. The van der Waals surface area contributed by atoms with Crippen LogP contribution in [0.4, 0.5) is 13.2 Å². The maximum Gasteiger partial charge on any atom is 0.522 e. The van der Waals surface area contributed by atoms with Crippen molar-refractivity contribution in [2.24, 2.45) is 0 Å². The zero-order valence-corrected chi connectivity index (χ0v) is 6.66. The minimum atomic E-state index is -4.49. The molecule has 0 radical (unpaired) electrons. The SMILES string of the molecule is FC(F)(F)OC1CCCCNC1. The zero-order valence-electron chi connectivity index (χ0n) is 6.66. The summed E-state index contributed by atoms with van der Waals surface area (Å²) in [5.41, 5.74) is 0. The van der Waals surface area contributed by atoms with Gasteiger partial charge >= 0.3 is 6.36 Å². The van der Waals surface area contributed by atoms with E-state index < -0.39 is 12.5 Å². The van der Waals surface area contributed by atoms with Crippen molar-refractivity contribution in [2.45, 2.75) is 31.7 Å². The van der Waals surface area contributed by atoms with E-state index in [9.17, 15) is 13.2 Å². The topological polar surface area (TPSA) is 21.3 Å². The van der Waals surface area contributed by atoms with Crippen LogP contribution in [0.1, 0.15) is 19.3 Å². The highest BCUT2D eigenvalue weighted by Gasteiger charge is 2.33. The average molecular weight is 183 g/mol. The highest BCUT2D eigenvalue weighted by molar-refractivity contribution is 4.67. The van der Waals surface area contributed by atoms with Crippen molar-refractivity contribution in [3.63, 3.8) is 0 Å². The fraction of sp³-hybridized carbons (Fsp3) is 1.00. The molecule has 0 spiro atoms. The molecule has 0 amide bonds. The molecule has 0 aromatic heterocycles. The summed E-state index contributed by atoms with van der Waals surface area (Å²) in [4.78, 5) is 0. The van der Waals surface area contributed by atoms with Crippen LogP contribution in [0.3, 0.4) is 0 Å². The molecule has 2 nitrogen and oxygen atoms in total. The fourth-order valence-corrected chi connectivity index (χ4v) is 1.28. The molecule has 1 heterocycles. The van der Waals surface area contributed by atoms with Crippen LogP contribution in [-0.2, 0) is 4.74 Å². The molecule has 0 saturated carbocycles. The van der Waals surface area contributed by atoms with Gasteiger partial charge in [-0.25, -0.2) is 0 Å². The van der Waals surface area contributed by atoms with Gasteiger partial charge in [-0.2, -0.15) is 0 Å². The first kappa shape index (κ1) is 9.80. The van der Waals surface area contributed by atoms with Gasteiger partial charge in [-0.1, -0.05) is 0 Å². The monoisotopic (exact) mass is 183 g/mol.